The van der Waals surface area contributed by atoms with Crippen molar-refractivity contribution < 1.29 is 13.2 Å². The summed E-state index contributed by atoms with van der Waals surface area (Å²) in [7, 11) is -3.39. The number of amides is 1. The van der Waals surface area contributed by atoms with E-state index in [9.17, 15) is 13.2 Å². The van der Waals surface area contributed by atoms with Gasteiger partial charge in [0.2, 0.25) is 5.91 Å². The molecule has 1 aliphatic rings. The van der Waals surface area contributed by atoms with Crippen molar-refractivity contribution in [3.05, 3.63) is 0 Å². The van der Waals surface area contributed by atoms with Crippen LogP contribution in [0.25, 0.3) is 0 Å². The van der Waals surface area contributed by atoms with Gasteiger partial charge >= 0.3 is 0 Å². The molecule has 0 unspecified atom stereocenters. The Kier molecular flexibility index (Phi) is 4.63. The minimum absolute atomic E-state index is 0.223. The predicted octanol–water partition coefficient (Wildman–Crippen LogP) is 1.59. The molecule has 1 saturated carbocycles. The summed E-state index contributed by atoms with van der Waals surface area (Å²) in [6, 6.07) is 0.223. The van der Waals surface area contributed by atoms with Crippen LogP contribution in [-0.2, 0) is 14.6 Å². The van der Waals surface area contributed by atoms with Gasteiger partial charge in [-0.1, -0.05) is 15.9 Å². The first-order valence-electron chi connectivity index (χ1n) is 5.78. The second-order valence-electron chi connectivity index (χ2n) is 5.05. The quantitative estimate of drug-likeness (QED) is 0.721. The van der Waals surface area contributed by atoms with Crippen LogP contribution in [0.4, 0.5) is 0 Å². The van der Waals surface area contributed by atoms with Crippen LogP contribution in [0.3, 0.4) is 0 Å². The van der Waals surface area contributed by atoms with Crippen molar-refractivity contribution in [1.82, 2.24) is 4.90 Å². The Hall–Kier alpha value is -0.100. The summed E-state index contributed by atoms with van der Waals surface area (Å²) >= 11 is 3.31. The van der Waals surface area contributed by atoms with Gasteiger partial charge in [-0.2, -0.15) is 0 Å². The molecular formula is C11H20BrNO3S. The topological polar surface area (TPSA) is 54.5 Å². The molecular weight excluding hydrogens is 306 g/mol. The van der Waals surface area contributed by atoms with Crippen molar-refractivity contribution in [2.24, 2.45) is 0 Å². The van der Waals surface area contributed by atoms with Gasteiger partial charge in [0.05, 0.1) is 0 Å². The highest BCUT2D eigenvalue weighted by molar-refractivity contribution is 9.09. The Morgan fingerprint density at radius 3 is 2.24 bits per heavy atom. The molecule has 0 heterocycles. The van der Waals surface area contributed by atoms with E-state index < -0.39 is 14.6 Å². The first-order valence-corrected chi connectivity index (χ1v) is 8.79. The Balaban J connectivity index is 2.91. The summed E-state index contributed by atoms with van der Waals surface area (Å²) in [6.07, 6.45) is 4.21. The summed E-state index contributed by atoms with van der Waals surface area (Å²) in [4.78, 5) is 14.1. The van der Waals surface area contributed by atoms with E-state index >= 15 is 0 Å². The van der Waals surface area contributed by atoms with Gasteiger partial charge in [-0.3, -0.25) is 4.79 Å². The maximum Gasteiger partial charge on any atom is 0.243 e. The third kappa shape index (κ3) is 3.02. The number of halogens is 1. The fourth-order valence-electron chi connectivity index (χ4n) is 1.74. The molecule has 4 nitrogen and oxygen atoms in total. The van der Waals surface area contributed by atoms with Gasteiger partial charge < -0.3 is 4.90 Å². The largest absolute Gasteiger partial charge is 0.338 e. The number of carbonyl (C=O) groups excluding carboxylic acids is 1. The normalized spacial score (nSPS) is 17.6. The molecule has 0 aromatic rings. The molecule has 1 amide bonds. The number of alkyl halides is 1. The van der Waals surface area contributed by atoms with Gasteiger partial charge in [0.15, 0.2) is 9.84 Å². The maximum atomic E-state index is 12.4. The van der Waals surface area contributed by atoms with Crippen LogP contribution in [-0.4, -0.2) is 48.1 Å². The molecule has 0 aromatic heterocycles. The number of carbonyl (C=O) groups is 1. The Labute approximate surface area is 112 Å². The molecule has 1 fully saturated rings. The van der Waals surface area contributed by atoms with E-state index in [0.717, 1.165) is 25.5 Å². The molecule has 6 heteroatoms. The lowest BCUT2D eigenvalue weighted by atomic mass is 9.90. The first-order chi connectivity index (χ1) is 7.71. The van der Waals surface area contributed by atoms with Gasteiger partial charge in [0.25, 0.3) is 0 Å². The SMILES string of the molecule is CC(C)(C(=O)N(CCBr)C1CCC1)S(C)(=O)=O. The van der Waals surface area contributed by atoms with Crippen LogP contribution in [0.15, 0.2) is 0 Å². The third-order valence-corrected chi connectivity index (χ3v) is 5.93. The highest BCUT2D eigenvalue weighted by Gasteiger charge is 2.43. The van der Waals surface area contributed by atoms with Crippen molar-refractivity contribution in [3.8, 4) is 0 Å². The molecule has 1 rings (SSSR count). The van der Waals surface area contributed by atoms with Crippen molar-refractivity contribution in [1.29, 1.82) is 0 Å². The van der Waals surface area contributed by atoms with Gasteiger partial charge in [0, 0.05) is 24.2 Å². The van der Waals surface area contributed by atoms with Gasteiger partial charge in [-0.05, 0) is 33.1 Å². The average Bonchev–Trinajstić information content (AvgIpc) is 2.11. The predicted molar refractivity (Wildman–Crippen MR) is 72.1 cm³/mol. The number of rotatable bonds is 5. The molecule has 0 N–H and O–H groups in total. The lowest BCUT2D eigenvalue weighted by Gasteiger charge is -2.40. The molecule has 0 aliphatic heterocycles. The smallest absolute Gasteiger partial charge is 0.243 e. The Morgan fingerprint density at radius 2 is 1.94 bits per heavy atom. The van der Waals surface area contributed by atoms with E-state index in [0.29, 0.717) is 11.9 Å². The average molecular weight is 326 g/mol. The van der Waals surface area contributed by atoms with Crippen LogP contribution in [0.1, 0.15) is 33.1 Å². The van der Waals surface area contributed by atoms with Crippen LogP contribution < -0.4 is 0 Å². The number of hydrogen-bond acceptors (Lipinski definition) is 3. The molecule has 0 atom stereocenters. The number of nitrogens with zero attached hydrogens (tertiary/aromatic N) is 1. The molecule has 0 aromatic carbocycles. The highest BCUT2D eigenvalue weighted by atomic mass is 79.9. The zero-order valence-electron chi connectivity index (χ0n) is 10.6. The summed E-state index contributed by atoms with van der Waals surface area (Å²) < 4.78 is 22.0. The monoisotopic (exact) mass is 325 g/mol. The van der Waals surface area contributed by atoms with E-state index in [1.165, 1.54) is 13.8 Å². The second kappa shape index (κ2) is 5.26. The molecule has 0 saturated heterocycles. The second-order valence-corrected chi connectivity index (χ2v) is 8.41. The van der Waals surface area contributed by atoms with Crippen molar-refractivity contribution >= 4 is 31.7 Å². The summed E-state index contributed by atoms with van der Waals surface area (Å²) in [5.74, 6) is -0.274. The Morgan fingerprint density at radius 1 is 1.41 bits per heavy atom. The standard InChI is InChI=1S/C11H20BrNO3S/c1-11(2,17(3,15)16)10(14)13(8-7-12)9-5-4-6-9/h9H,4-8H2,1-3H3. The lowest BCUT2D eigenvalue weighted by Crippen LogP contribution is -2.55. The first kappa shape index (κ1) is 15.0. The summed E-state index contributed by atoms with van der Waals surface area (Å²) in [5.41, 5.74) is 0. The van der Waals surface area contributed by atoms with E-state index in [2.05, 4.69) is 15.9 Å². The zero-order valence-corrected chi connectivity index (χ0v) is 13.0. The van der Waals surface area contributed by atoms with Crippen LogP contribution in [0.5, 0.6) is 0 Å². The fraction of sp³-hybridized carbons (Fsp3) is 0.909. The van der Waals surface area contributed by atoms with Gasteiger partial charge in [-0.25, -0.2) is 8.42 Å². The molecule has 17 heavy (non-hydrogen) atoms. The highest BCUT2D eigenvalue weighted by Crippen LogP contribution is 2.29. The van der Waals surface area contributed by atoms with E-state index in [1.807, 2.05) is 0 Å². The maximum absolute atomic E-state index is 12.4. The summed E-state index contributed by atoms with van der Waals surface area (Å²) in [5, 5.41) is 0.676. The van der Waals surface area contributed by atoms with Crippen LogP contribution >= 0.6 is 15.9 Å². The van der Waals surface area contributed by atoms with E-state index in [1.54, 1.807) is 4.90 Å². The van der Waals surface area contributed by atoms with E-state index in [4.69, 9.17) is 0 Å². The van der Waals surface area contributed by atoms with Crippen molar-refractivity contribution in [3.63, 3.8) is 0 Å². The lowest BCUT2D eigenvalue weighted by molar-refractivity contribution is -0.136. The third-order valence-electron chi connectivity index (χ3n) is 3.54. The molecule has 1 aliphatic carbocycles. The number of sulfone groups is 1. The van der Waals surface area contributed by atoms with Gasteiger partial charge in [-0.15, -0.1) is 0 Å². The fourth-order valence-corrected chi connectivity index (χ4v) is 2.56. The zero-order chi connectivity index (χ0) is 13.3. The minimum atomic E-state index is -3.39. The molecule has 0 bridgehead atoms. The molecule has 100 valence electrons. The van der Waals surface area contributed by atoms with Gasteiger partial charge in [0.1, 0.15) is 4.75 Å². The number of hydrogen-bond donors (Lipinski definition) is 0. The van der Waals surface area contributed by atoms with Crippen LogP contribution in [0, 0.1) is 0 Å². The summed E-state index contributed by atoms with van der Waals surface area (Å²) in [6.45, 7) is 3.55. The van der Waals surface area contributed by atoms with Crippen molar-refractivity contribution in [2.45, 2.75) is 43.9 Å². The minimum Gasteiger partial charge on any atom is -0.338 e. The van der Waals surface area contributed by atoms with Crippen molar-refractivity contribution in [2.75, 3.05) is 18.1 Å². The van der Waals surface area contributed by atoms with Crippen LogP contribution in [0.2, 0.25) is 0 Å². The van der Waals surface area contributed by atoms with E-state index in [-0.39, 0.29) is 11.9 Å². The molecule has 0 radical (unpaired) electrons. The molecule has 0 spiro atoms. The Bertz CT molecular complexity index is 388.